The number of hydrogen-bond donors (Lipinski definition) is 0. The molecule has 3 heteroatoms. The Balaban J connectivity index is 2.24. The minimum atomic E-state index is 0.507. The van der Waals surface area contributed by atoms with Crippen molar-refractivity contribution < 1.29 is 0 Å². The van der Waals surface area contributed by atoms with Crippen molar-refractivity contribution in [2.45, 2.75) is 20.8 Å². The summed E-state index contributed by atoms with van der Waals surface area (Å²) in [6.07, 6.45) is 0. The molecule has 0 aliphatic heterocycles. The summed E-state index contributed by atoms with van der Waals surface area (Å²) in [4.78, 5) is 9.08. The molecule has 3 rings (SSSR count). The molecule has 0 spiro atoms. The van der Waals surface area contributed by atoms with E-state index in [1.165, 1.54) is 11.1 Å². The van der Waals surface area contributed by atoms with Crippen LogP contribution >= 0.6 is 11.6 Å². The quantitative estimate of drug-likeness (QED) is 0.595. The van der Waals surface area contributed by atoms with Gasteiger partial charge in [0.25, 0.3) is 0 Å². The number of halogens is 1. The van der Waals surface area contributed by atoms with Crippen LogP contribution in [0.5, 0.6) is 0 Å². The van der Waals surface area contributed by atoms with E-state index in [0.717, 1.165) is 22.0 Å². The van der Waals surface area contributed by atoms with E-state index in [2.05, 4.69) is 42.0 Å². The zero-order valence-corrected chi connectivity index (χ0v) is 12.5. The molecule has 0 radical (unpaired) electrons. The lowest BCUT2D eigenvalue weighted by Crippen LogP contribution is -1.93. The smallest absolute Gasteiger partial charge is 0.161 e. The molecule has 0 saturated heterocycles. The predicted molar refractivity (Wildman–Crippen MR) is 84.2 cm³/mol. The van der Waals surface area contributed by atoms with Crippen LogP contribution in [0.2, 0.25) is 5.15 Å². The second-order valence-electron chi connectivity index (χ2n) is 5.24. The van der Waals surface area contributed by atoms with Crippen molar-refractivity contribution in [3.63, 3.8) is 0 Å². The minimum Gasteiger partial charge on any atom is -0.228 e. The number of aromatic nitrogens is 2. The third-order valence-electron chi connectivity index (χ3n) is 3.28. The van der Waals surface area contributed by atoms with E-state index in [1.807, 2.05) is 25.1 Å². The van der Waals surface area contributed by atoms with E-state index in [-0.39, 0.29) is 0 Å². The van der Waals surface area contributed by atoms with Gasteiger partial charge in [0.15, 0.2) is 5.82 Å². The fourth-order valence-electron chi connectivity index (χ4n) is 2.44. The molecule has 0 aliphatic carbocycles. The average molecular weight is 283 g/mol. The van der Waals surface area contributed by atoms with Crippen LogP contribution in [0.3, 0.4) is 0 Å². The maximum Gasteiger partial charge on any atom is 0.161 e. The Bertz CT molecular complexity index is 789. The van der Waals surface area contributed by atoms with Gasteiger partial charge in [-0.25, -0.2) is 9.97 Å². The second kappa shape index (κ2) is 4.88. The predicted octanol–water partition coefficient (Wildman–Crippen LogP) is 4.88. The Kier molecular flexibility index (Phi) is 3.19. The highest BCUT2D eigenvalue weighted by Gasteiger charge is 2.09. The summed E-state index contributed by atoms with van der Waals surface area (Å²) in [5.74, 6) is 0.679. The molecule has 2 aromatic carbocycles. The minimum absolute atomic E-state index is 0.507. The van der Waals surface area contributed by atoms with Gasteiger partial charge in [-0.3, -0.25) is 0 Å². The van der Waals surface area contributed by atoms with Gasteiger partial charge in [-0.1, -0.05) is 40.4 Å². The molecule has 20 heavy (non-hydrogen) atoms. The molecule has 0 bridgehead atoms. The zero-order chi connectivity index (χ0) is 14.3. The highest BCUT2D eigenvalue weighted by Crippen LogP contribution is 2.26. The first-order chi connectivity index (χ1) is 9.52. The van der Waals surface area contributed by atoms with E-state index in [1.54, 1.807) is 0 Å². The summed E-state index contributed by atoms with van der Waals surface area (Å²) in [5.41, 5.74) is 5.44. The molecular formula is C17H15ClN2. The largest absolute Gasteiger partial charge is 0.228 e. The fraction of sp³-hybridized carbons (Fsp3) is 0.176. The van der Waals surface area contributed by atoms with Crippen LogP contribution in [-0.4, -0.2) is 9.97 Å². The van der Waals surface area contributed by atoms with E-state index >= 15 is 0 Å². The summed E-state index contributed by atoms with van der Waals surface area (Å²) in [5, 5.41) is 1.41. The molecule has 0 fully saturated rings. The van der Waals surface area contributed by atoms with Crippen molar-refractivity contribution in [1.82, 2.24) is 9.97 Å². The van der Waals surface area contributed by atoms with Crippen molar-refractivity contribution in [1.29, 1.82) is 0 Å². The molecule has 0 unspecified atom stereocenters. The fourth-order valence-corrected chi connectivity index (χ4v) is 2.67. The van der Waals surface area contributed by atoms with Gasteiger partial charge in [-0.15, -0.1) is 0 Å². The third-order valence-corrected chi connectivity index (χ3v) is 3.57. The summed E-state index contributed by atoms with van der Waals surface area (Å²) >= 11 is 6.31. The standard InChI is InChI=1S/C17H15ClN2/c1-10-4-5-15-14(9-10)16(18)20-17(19-15)13-7-11(2)6-12(3)8-13/h4-9H,1-3H3. The van der Waals surface area contributed by atoms with Gasteiger partial charge in [0.2, 0.25) is 0 Å². The molecule has 2 nitrogen and oxygen atoms in total. The van der Waals surface area contributed by atoms with Crippen LogP contribution in [-0.2, 0) is 0 Å². The Morgan fingerprint density at radius 3 is 2.20 bits per heavy atom. The van der Waals surface area contributed by atoms with E-state index < -0.39 is 0 Å². The van der Waals surface area contributed by atoms with Crippen LogP contribution in [0, 0.1) is 20.8 Å². The molecule has 0 aliphatic rings. The summed E-state index contributed by atoms with van der Waals surface area (Å²) < 4.78 is 0. The van der Waals surface area contributed by atoms with Crippen molar-refractivity contribution in [3.05, 3.63) is 58.2 Å². The molecule has 0 amide bonds. The number of nitrogens with zero attached hydrogens (tertiary/aromatic N) is 2. The van der Waals surface area contributed by atoms with Crippen molar-refractivity contribution in [3.8, 4) is 11.4 Å². The first-order valence-corrected chi connectivity index (χ1v) is 6.93. The average Bonchev–Trinajstić information content (AvgIpc) is 2.38. The van der Waals surface area contributed by atoms with E-state index in [4.69, 9.17) is 11.6 Å². The lowest BCUT2D eigenvalue weighted by Gasteiger charge is -2.07. The molecule has 1 aromatic heterocycles. The van der Waals surface area contributed by atoms with Crippen LogP contribution in [0.25, 0.3) is 22.3 Å². The van der Waals surface area contributed by atoms with Gasteiger partial charge in [0, 0.05) is 10.9 Å². The lowest BCUT2D eigenvalue weighted by atomic mass is 10.1. The number of hydrogen-bond acceptors (Lipinski definition) is 2. The Morgan fingerprint density at radius 2 is 1.50 bits per heavy atom. The normalized spacial score (nSPS) is 11.0. The number of aryl methyl sites for hydroxylation is 3. The lowest BCUT2D eigenvalue weighted by molar-refractivity contribution is 1.21. The van der Waals surface area contributed by atoms with Gasteiger partial charge in [0.1, 0.15) is 5.15 Å². The molecule has 0 N–H and O–H groups in total. The molecule has 1 heterocycles. The van der Waals surface area contributed by atoms with E-state index in [9.17, 15) is 0 Å². The van der Waals surface area contributed by atoms with Crippen molar-refractivity contribution in [2.24, 2.45) is 0 Å². The van der Waals surface area contributed by atoms with Gasteiger partial charge in [0.05, 0.1) is 5.52 Å². The first-order valence-electron chi connectivity index (χ1n) is 6.55. The topological polar surface area (TPSA) is 25.8 Å². The van der Waals surface area contributed by atoms with Gasteiger partial charge < -0.3 is 0 Å². The van der Waals surface area contributed by atoms with Gasteiger partial charge in [-0.05, 0) is 45.0 Å². The molecule has 100 valence electrons. The summed E-state index contributed by atoms with van der Waals surface area (Å²) in [6, 6.07) is 12.3. The second-order valence-corrected chi connectivity index (χ2v) is 5.59. The summed E-state index contributed by atoms with van der Waals surface area (Å²) in [7, 11) is 0. The Labute approximate surface area is 123 Å². The first kappa shape index (κ1) is 13.1. The molecule has 3 aromatic rings. The monoisotopic (exact) mass is 282 g/mol. The van der Waals surface area contributed by atoms with E-state index in [0.29, 0.717) is 11.0 Å². The van der Waals surface area contributed by atoms with Crippen LogP contribution in [0.4, 0.5) is 0 Å². The van der Waals surface area contributed by atoms with Crippen molar-refractivity contribution in [2.75, 3.05) is 0 Å². The van der Waals surface area contributed by atoms with Crippen LogP contribution in [0.15, 0.2) is 36.4 Å². The highest BCUT2D eigenvalue weighted by molar-refractivity contribution is 6.34. The van der Waals surface area contributed by atoms with Crippen LogP contribution < -0.4 is 0 Å². The van der Waals surface area contributed by atoms with Gasteiger partial charge >= 0.3 is 0 Å². The van der Waals surface area contributed by atoms with Crippen LogP contribution in [0.1, 0.15) is 16.7 Å². The number of rotatable bonds is 1. The Hall–Kier alpha value is -1.93. The highest BCUT2D eigenvalue weighted by atomic mass is 35.5. The number of fused-ring (bicyclic) bond motifs is 1. The molecular weight excluding hydrogens is 268 g/mol. The zero-order valence-electron chi connectivity index (χ0n) is 11.7. The summed E-state index contributed by atoms with van der Waals surface area (Å²) in [6.45, 7) is 6.18. The SMILES string of the molecule is Cc1cc(C)cc(-c2nc(Cl)c3cc(C)ccc3n2)c1. The third kappa shape index (κ3) is 2.39. The maximum atomic E-state index is 6.31. The number of benzene rings is 2. The molecule has 0 saturated carbocycles. The van der Waals surface area contributed by atoms with Gasteiger partial charge in [-0.2, -0.15) is 0 Å². The maximum absolute atomic E-state index is 6.31. The molecule has 0 atom stereocenters. The Morgan fingerprint density at radius 1 is 0.800 bits per heavy atom. The van der Waals surface area contributed by atoms with Crippen molar-refractivity contribution >= 4 is 22.5 Å².